The molecule has 1 N–H and O–H groups in total. The summed E-state index contributed by atoms with van der Waals surface area (Å²) in [6, 6.07) is 3.62. The third-order valence-electron chi connectivity index (χ3n) is 7.60. The third-order valence-corrected chi connectivity index (χ3v) is 7.60. The molecule has 2 fully saturated rings. The summed E-state index contributed by atoms with van der Waals surface area (Å²) in [5, 5.41) is 13.2. The largest absolute Gasteiger partial charge is 0.507 e. The number of esters is 1. The Morgan fingerprint density at radius 3 is 1.74 bits per heavy atom. The van der Waals surface area contributed by atoms with Gasteiger partial charge in [-0.3, -0.25) is 4.84 Å². The summed E-state index contributed by atoms with van der Waals surface area (Å²) in [6.07, 6.45) is 7.52. The Kier molecular flexibility index (Phi) is 7.76. The average molecular weight is 488 g/mol. The quantitative estimate of drug-likeness (QED) is 0.448. The molecule has 0 spiro atoms. The normalized spacial score (nSPS) is 22.2. The number of hydrogen-bond donors (Lipinski definition) is 1. The van der Waals surface area contributed by atoms with E-state index in [-0.39, 0.29) is 45.8 Å². The molecule has 1 aliphatic heterocycles. The lowest BCUT2D eigenvalue weighted by molar-refractivity contribution is -0.317. The van der Waals surface area contributed by atoms with E-state index < -0.39 is 0 Å². The van der Waals surface area contributed by atoms with Gasteiger partial charge in [0.15, 0.2) is 0 Å². The minimum Gasteiger partial charge on any atom is -0.507 e. The fourth-order valence-electron chi connectivity index (χ4n) is 5.98. The van der Waals surface area contributed by atoms with Gasteiger partial charge in [0.05, 0.1) is 11.7 Å². The number of hydrogen-bond acceptors (Lipinski definition) is 5. The fourth-order valence-corrected chi connectivity index (χ4v) is 5.98. The molecular weight excluding hydrogens is 438 g/mol. The molecule has 1 saturated carbocycles. The number of phenolic OH excluding ortho intramolecular Hbond substituents is 1. The molecule has 0 aromatic heterocycles. The molecule has 3 rings (SSSR count). The lowest BCUT2D eigenvalue weighted by Crippen LogP contribution is -2.63. The van der Waals surface area contributed by atoms with Crippen LogP contribution in [0.4, 0.5) is 0 Å². The Labute approximate surface area is 213 Å². The number of aromatic hydroxyl groups is 1. The van der Waals surface area contributed by atoms with Crippen molar-refractivity contribution in [1.82, 2.24) is 5.06 Å². The van der Waals surface area contributed by atoms with Crippen molar-refractivity contribution in [3.63, 3.8) is 0 Å². The molecule has 1 aromatic carbocycles. The molecule has 2 aliphatic rings. The first kappa shape index (κ1) is 28.0. The predicted octanol–water partition coefficient (Wildman–Crippen LogP) is 7.43. The van der Waals surface area contributed by atoms with Crippen LogP contribution in [0.3, 0.4) is 0 Å². The first-order valence-corrected chi connectivity index (χ1v) is 13.5. The number of nitrogens with zero attached hydrogens (tertiary/aromatic N) is 1. The van der Waals surface area contributed by atoms with Crippen LogP contribution in [-0.2, 0) is 20.4 Å². The van der Waals surface area contributed by atoms with E-state index in [0.29, 0.717) is 18.4 Å². The summed E-state index contributed by atoms with van der Waals surface area (Å²) in [5.74, 6) is -0.0452. The van der Waals surface area contributed by atoms with Gasteiger partial charge in [0.1, 0.15) is 11.9 Å². The fraction of sp³-hybridized carbons (Fsp3) is 0.767. The SMILES string of the molecule is CC(C)(C)c1cc(C(=O)OC2CC(C)(C)N(OC3CCCCC3)C(C)(C)C2)cc(C(C)(C)C)c1O. The Bertz CT molecular complexity index is 860. The average Bonchev–Trinajstić information content (AvgIpc) is 2.69. The molecule has 0 amide bonds. The van der Waals surface area contributed by atoms with Crippen LogP contribution in [0.5, 0.6) is 5.75 Å². The molecule has 0 radical (unpaired) electrons. The van der Waals surface area contributed by atoms with Crippen molar-refractivity contribution in [2.45, 2.75) is 148 Å². The summed E-state index contributed by atoms with van der Waals surface area (Å²) < 4.78 is 6.16. The summed E-state index contributed by atoms with van der Waals surface area (Å²) in [5.41, 5.74) is 0.937. The highest BCUT2D eigenvalue weighted by Gasteiger charge is 2.48. The molecule has 35 heavy (non-hydrogen) atoms. The number of ether oxygens (including phenoxy) is 1. The number of benzene rings is 1. The van der Waals surface area contributed by atoms with Gasteiger partial charge < -0.3 is 9.84 Å². The number of phenols is 1. The van der Waals surface area contributed by atoms with Crippen LogP contribution in [0, 0.1) is 0 Å². The van der Waals surface area contributed by atoms with E-state index in [2.05, 4.69) is 74.3 Å². The predicted molar refractivity (Wildman–Crippen MR) is 142 cm³/mol. The third kappa shape index (κ3) is 6.40. The van der Waals surface area contributed by atoms with Gasteiger partial charge in [-0.1, -0.05) is 60.8 Å². The molecule has 5 heteroatoms. The van der Waals surface area contributed by atoms with Crippen molar-refractivity contribution in [2.75, 3.05) is 0 Å². The zero-order chi connectivity index (χ0) is 26.4. The second kappa shape index (κ2) is 9.70. The zero-order valence-electron chi connectivity index (χ0n) is 23.9. The molecule has 0 bridgehead atoms. The van der Waals surface area contributed by atoms with Crippen molar-refractivity contribution in [1.29, 1.82) is 0 Å². The van der Waals surface area contributed by atoms with Crippen LogP contribution < -0.4 is 0 Å². The van der Waals surface area contributed by atoms with Gasteiger partial charge in [-0.25, -0.2) is 4.79 Å². The molecule has 0 unspecified atom stereocenters. The molecular formula is C30H49NO4. The van der Waals surface area contributed by atoms with Crippen molar-refractivity contribution < 1.29 is 19.5 Å². The second-order valence-electron chi connectivity index (χ2n) is 14.1. The van der Waals surface area contributed by atoms with E-state index in [1.165, 1.54) is 19.3 Å². The van der Waals surface area contributed by atoms with Crippen molar-refractivity contribution in [3.05, 3.63) is 28.8 Å². The number of carbonyl (C=O) groups is 1. The minimum atomic E-state index is -0.320. The standard InChI is InChI=1S/C30H49NO4/c1-27(2,3)23-16-20(17-24(25(23)32)28(4,5)6)26(33)34-22-18-29(7,8)31(30(9,10)19-22)35-21-14-12-11-13-15-21/h16-17,21-22,32H,11-15,18-19H2,1-10H3. The highest BCUT2D eigenvalue weighted by atomic mass is 16.7. The van der Waals surface area contributed by atoms with Gasteiger partial charge in [0.2, 0.25) is 0 Å². The highest BCUT2D eigenvalue weighted by molar-refractivity contribution is 5.90. The summed E-state index contributed by atoms with van der Waals surface area (Å²) in [6.45, 7) is 21.1. The molecule has 0 atom stereocenters. The zero-order valence-corrected chi connectivity index (χ0v) is 23.9. The van der Waals surface area contributed by atoms with E-state index in [1.807, 2.05) is 12.1 Å². The van der Waals surface area contributed by atoms with E-state index >= 15 is 0 Å². The molecule has 1 saturated heterocycles. The second-order valence-corrected chi connectivity index (χ2v) is 14.1. The monoisotopic (exact) mass is 487 g/mol. The maximum atomic E-state index is 13.5. The van der Waals surface area contributed by atoms with Crippen LogP contribution in [0.25, 0.3) is 0 Å². The lowest BCUT2D eigenvalue weighted by Gasteiger charge is -2.54. The van der Waals surface area contributed by atoms with Crippen molar-refractivity contribution >= 4 is 5.97 Å². The van der Waals surface area contributed by atoms with E-state index in [0.717, 1.165) is 24.0 Å². The number of rotatable bonds is 4. The van der Waals surface area contributed by atoms with E-state index in [9.17, 15) is 9.90 Å². The number of carbonyl (C=O) groups excluding carboxylic acids is 1. The molecule has 1 aromatic rings. The van der Waals surface area contributed by atoms with Crippen LogP contribution >= 0.6 is 0 Å². The minimum absolute atomic E-state index is 0.205. The van der Waals surface area contributed by atoms with Gasteiger partial charge >= 0.3 is 5.97 Å². The molecule has 1 aliphatic carbocycles. The summed E-state index contributed by atoms with van der Waals surface area (Å²) in [7, 11) is 0. The highest BCUT2D eigenvalue weighted by Crippen LogP contribution is 2.43. The summed E-state index contributed by atoms with van der Waals surface area (Å²) in [4.78, 5) is 20.0. The first-order valence-electron chi connectivity index (χ1n) is 13.5. The van der Waals surface area contributed by atoms with Gasteiger partial charge in [-0.05, 0) is 63.5 Å². The Morgan fingerprint density at radius 2 is 1.31 bits per heavy atom. The lowest BCUT2D eigenvalue weighted by atomic mass is 9.78. The van der Waals surface area contributed by atoms with E-state index in [1.54, 1.807) is 0 Å². The van der Waals surface area contributed by atoms with Crippen LogP contribution in [0.15, 0.2) is 12.1 Å². The Hall–Kier alpha value is -1.59. The van der Waals surface area contributed by atoms with Gasteiger partial charge in [0.25, 0.3) is 0 Å². The topological polar surface area (TPSA) is 59.0 Å². The van der Waals surface area contributed by atoms with Gasteiger partial charge in [-0.15, -0.1) is 0 Å². The Balaban J connectivity index is 1.83. The number of hydroxylamine groups is 2. The van der Waals surface area contributed by atoms with Gasteiger partial charge in [0, 0.05) is 35.0 Å². The smallest absolute Gasteiger partial charge is 0.338 e. The molecule has 198 valence electrons. The molecule has 5 nitrogen and oxygen atoms in total. The van der Waals surface area contributed by atoms with E-state index in [4.69, 9.17) is 9.57 Å². The molecule has 1 heterocycles. The summed E-state index contributed by atoms with van der Waals surface area (Å²) >= 11 is 0. The first-order chi connectivity index (χ1) is 15.9. The van der Waals surface area contributed by atoms with Crippen LogP contribution in [0.1, 0.15) is 136 Å². The maximum Gasteiger partial charge on any atom is 0.338 e. The van der Waals surface area contributed by atoms with Crippen LogP contribution in [-0.4, -0.2) is 39.4 Å². The van der Waals surface area contributed by atoms with Crippen molar-refractivity contribution in [2.24, 2.45) is 0 Å². The van der Waals surface area contributed by atoms with Crippen LogP contribution in [0.2, 0.25) is 0 Å². The maximum absolute atomic E-state index is 13.5. The number of piperidine rings is 1. The van der Waals surface area contributed by atoms with Crippen molar-refractivity contribution in [3.8, 4) is 5.75 Å². The van der Waals surface area contributed by atoms with Gasteiger partial charge in [-0.2, -0.15) is 5.06 Å². The Morgan fingerprint density at radius 1 is 0.857 bits per heavy atom.